The maximum Gasteiger partial charge on any atom is 0.335 e. The van der Waals surface area contributed by atoms with Crippen LogP contribution in [-0.4, -0.2) is 27.4 Å². The van der Waals surface area contributed by atoms with E-state index in [2.05, 4.69) is 0 Å². The van der Waals surface area contributed by atoms with Crippen LogP contribution in [0.3, 0.4) is 0 Å². The average molecular weight is 379 g/mol. The number of nitrogens with zero attached hydrogens (tertiary/aromatic N) is 1. The summed E-state index contributed by atoms with van der Waals surface area (Å²) in [5.41, 5.74) is 2.04. The second-order valence-electron chi connectivity index (χ2n) is 6.69. The summed E-state index contributed by atoms with van der Waals surface area (Å²) in [5.74, 6) is -0.341. The van der Waals surface area contributed by atoms with Gasteiger partial charge in [0.05, 0.1) is 18.2 Å². The summed E-state index contributed by atoms with van der Waals surface area (Å²) in [6, 6.07) is 6.80. The predicted octanol–water partition coefficient (Wildman–Crippen LogP) is 4.05. The maximum absolute atomic E-state index is 12.6. The third-order valence-corrected chi connectivity index (χ3v) is 5.70. The van der Waals surface area contributed by atoms with Crippen LogP contribution in [0.2, 0.25) is 0 Å². The van der Waals surface area contributed by atoms with E-state index in [-0.39, 0.29) is 12.5 Å². The minimum atomic E-state index is -2.50. The van der Waals surface area contributed by atoms with Crippen LogP contribution in [0.4, 0.5) is 5.69 Å². The molecule has 0 spiro atoms. The van der Waals surface area contributed by atoms with E-state index < -0.39 is 23.3 Å². The van der Waals surface area contributed by atoms with Crippen molar-refractivity contribution in [2.45, 2.75) is 58.9 Å². The molecule has 1 aromatic carbocycles. The maximum atomic E-state index is 12.6. The summed E-state index contributed by atoms with van der Waals surface area (Å²) in [5, 5.41) is 0. The summed E-state index contributed by atoms with van der Waals surface area (Å²) in [6.07, 6.45) is 6.76. The van der Waals surface area contributed by atoms with E-state index in [0.717, 1.165) is 37.7 Å². The van der Waals surface area contributed by atoms with Crippen molar-refractivity contribution in [1.29, 1.82) is 0 Å². The molecule has 0 heterocycles. The Kier molecular flexibility index (Phi) is 7.85. The van der Waals surface area contributed by atoms with E-state index in [1.807, 2.05) is 19.1 Å². The fourth-order valence-corrected chi connectivity index (χ4v) is 4.44. The van der Waals surface area contributed by atoms with E-state index in [0.29, 0.717) is 11.3 Å². The molecule has 6 heteroatoms. The Labute approximate surface area is 158 Å². The molecular formula is C20H28NO4S-. The van der Waals surface area contributed by atoms with Gasteiger partial charge in [0, 0.05) is 17.0 Å². The Morgan fingerprint density at radius 3 is 2.42 bits per heavy atom. The Bertz CT molecular complexity index is 650. The van der Waals surface area contributed by atoms with Gasteiger partial charge < -0.3 is 9.29 Å². The summed E-state index contributed by atoms with van der Waals surface area (Å²) in [6.45, 7) is 5.74. The molecular weight excluding hydrogens is 350 g/mol. The zero-order valence-electron chi connectivity index (χ0n) is 15.8. The number of allylic oxidation sites excluding steroid dienone is 1. The van der Waals surface area contributed by atoms with Gasteiger partial charge in [-0.15, -0.1) is 0 Å². The largest absolute Gasteiger partial charge is 0.755 e. The number of benzene rings is 1. The SMILES string of the molecule is CC=C(C(=O)OCC)C(C1CCCCC1)N(c1ccc(C)cc1)S(=O)[O-]. The number of esters is 1. The van der Waals surface area contributed by atoms with Crippen LogP contribution in [0.1, 0.15) is 51.5 Å². The van der Waals surface area contributed by atoms with Crippen LogP contribution < -0.4 is 4.31 Å². The van der Waals surface area contributed by atoms with Crippen molar-refractivity contribution in [3.8, 4) is 0 Å². The molecule has 0 N–H and O–H groups in total. The van der Waals surface area contributed by atoms with Gasteiger partial charge >= 0.3 is 5.97 Å². The summed E-state index contributed by atoms with van der Waals surface area (Å²) in [4.78, 5) is 12.6. The number of ether oxygens (including phenoxy) is 1. The first-order valence-corrected chi connectivity index (χ1v) is 10.3. The van der Waals surface area contributed by atoms with Gasteiger partial charge in [-0.25, -0.2) is 4.79 Å². The molecule has 0 radical (unpaired) electrons. The molecule has 1 aliphatic rings. The van der Waals surface area contributed by atoms with E-state index in [9.17, 15) is 13.6 Å². The molecule has 0 bridgehead atoms. The standard InChI is InChI=1S/C20H29NO4S/c1-4-18(20(22)25-5-2)19(16-9-7-6-8-10-16)21(26(23)24)17-13-11-15(3)12-14-17/h4,11-14,16,19H,5-10H2,1-3H3,(H,23,24)/p-1. The van der Waals surface area contributed by atoms with Gasteiger partial charge in [-0.1, -0.05) is 43.0 Å². The molecule has 0 amide bonds. The van der Waals surface area contributed by atoms with Crippen molar-refractivity contribution in [2.24, 2.45) is 5.92 Å². The fraction of sp³-hybridized carbons (Fsp3) is 0.550. The van der Waals surface area contributed by atoms with Crippen molar-refractivity contribution >= 4 is 22.9 Å². The third kappa shape index (κ3) is 4.95. The highest BCUT2D eigenvalue weighted by atomic mass is 32.2. The van der Waals surface area contributed by atoms with Crippen molar-refractivity contribution in [3.05, 3.63) is 41.5 Å². The van der Waals surface area contributed by atoms with Gasteiger partial charge in [0.2, 0.25) is 0 Å². The van der Waals surface area contributed by atoms with Crippen LogP contribution >= 0.6 is 0 Å². The van der Waals surface area contributed by atoms with Crippen molar-refractivity contribution < 1.29 is 18.3 Å². The zero-order chi connectivity index (χ0) is 19.1. The van der Waals surface area contributed by atoms with Crippen LogP contribution in [0.25, 0.3) is 0 Å². The molecule has 2 rings (SSSR count). The highest BCUT2D eigenvalue weighted by Gasteiger charge is 2.36. The minimum Gasteiger partial charge on any atom is -0.755 e. The molecule has 26 heavy (non-hydrogen) atoms. The molecule has 2 atom stereocenters. The number of hydrogen-bond acceptors (Lipinski definition) is 4. The Hall–Kier alpha value is -1.66. The number of rotatable bonds is 7. The normalized spacial score (nSPS) is 18.2. The zero-order valence-corrected chi connectivity index (χ0v) is 16.6. The van der Waals surface area contributed by atoms with Gasteiger partial charge in [0.1, 0.15) is 0 Å². The quantitative estimate of drug-likeness (QED) is 0.408. The minimum absolute atomic E-state index is 0.0959. The van der Waals surface area contributed by atoms with Gasteiger partial charge in [-0.3, -0.25) is 8.51 Å². The highest BCUT2D eigenvalue weighted by molar-refractivity contribution is 7.80. The molecule has 144 valence electrons. The van der Waals surface area contributed by atoms with E-state index in [1.165, 1.54) is 4.31 Å². The molecule has 1 aliphatic carbocycles. The molecule has 1 aromatic rings. The molecule has 1 fully saturated rings. The molecule has 0 aliphatic heterocycles. The van der Waals surface area contributed by atoms with Gasteiger partial charge in [0.15, 0.2) is 0 Å². The third-order valence-electron chi connectivity index (χ3n) is 4.94. The van der Waals surface area contributed by atoms with Crippen LogP contribution in [0.5, 0.6) is 0 Å². The number of anilines is 1. The van der Waals surface area contributed by atoms with E-state index >= 15 is 0 Å². The Morgan fingerprint density at radius 2 is 1.92 bits per heavy atom. The Balaban J connectivity index is 2.49. The summed E-state index contributed by atoms with van der Waals surface area (Å²) < 4.78 is 31.0. The van der Waals surface area contributed by atoms with Gasteiger partial charge in [0.25, 0.3) is 0 Å². The van der Waals surface area contributed by atoms with Crippen molar-refractivity contribution in [1.82, 2.24) is 0 Å². The molecule has 5 nitrogen and oxygen atoms in total. The van der Waals surface area contributed by atoms with Gasteiger partial charge in [-0.05, 0) is 51.7 Å². The molecule has 0 saturated heterocycles. The predicted molar refractivity (Wildman–Crippen MR) is 103 cm³/mol. The highest BCUT2D eigenvalue weighted by Crippen LogP contribution is 2.36. The lowest BCUT2D eigenvalue weighted by Crippen LogP contribution is -2.46. The first-order chi connectivity index (χ1) is 12.5. The van der Waals surface area contributed by atoms with E-state index in [1.54, 1.807) is 32.1 Å². The smallest absolute Gasteiger partial charge is 0.335 e. The lowest BCUT2D eigenvalue weighted by molar-refractivity contribution is -0.139. The number of aryl methyl sites for hydroxylation is 1. The molecule has 1 saturated carbocycles. The van der Waals surface area contributed by atoms with Crippen LogP contribution in [-0.2, 0) is 20.8 Å². The average Bonchev–Trinajstić information content (AvgIpc) is 2.63. The second kappa shape index (κ2) is 9.88. The van der Waals surface area contributed by atoms with Crippen molar-refractivity contribution in [2.75, 3.05) is 10.9 Å². The first-order valence-electron chi connectivity index (χ1n) is 9.28. The van der Waals surface area contributed by atoms with Crippen LogP contribution in [0, 0.1) is 12.8 Å². The Morgan fingerprint density at radius 1 is 1.31 bits per heavy atom. The first kappa shape index (κ1) is 20.6. The van der Waals surface area contributed by atoms with Crippen molar-refractivity contribution in [3.63, 3.8) is 0 Å². The molecule has 2 unspecified atom stereocenters. The van der Waals surface area contributed by atoms with E-state index in [4.69, 9.17) is 4.74 Å². The second-order valence-corrected chi connectivity index (χ2v) is 7.51. The number of carbonyl (C=O) groups excluding carboxylic acids is 1. The topological polar surface area (TPSA) is 69.7 Å². The van der Waals surface area contributed by atoms with Gasteiger partial charge in [-0.2, -0.15) is 0 Å². The monoisotopic (exact) mass is 378 g/mol. The van der Waals surface area contributed by atoms with Crippen LogP contribution in [0.15, 0.2) is 35.9 Å². The summed E-state index contributed by atoms with van der Waals surface area (Å²) in [7, 11) is 0. The number of hydrogen-bond donors (Lipinski definition) is 0. The fourth-order valence-electron chi connectivity index (χ4n) is 3.68. The number of carbonyl (C=O) groups is 1. The molecule has 0 aromatic heterocycles. The lowest BCUT2D eigenvalue weighted by Gasteiger charge is -2.41. The lowest BCUT2D eigenvalue weighted by atomic mass is 9.80. The summed E-state index contributed by atoms with van der Waals surface area (Å²) >= 11 is -2.50.